The molecule has 1 aliphatic heterocycles. The van der Waals surface area contributed by atoms with E-state index in [4.69, 9.17) is 5.26 Å². The number of nitriles is 1. The highest BCUT2D eigenvalue weighted by molar-refractivity contribution is 5.55. The van der Waals surface area contributed by atoms with E-state index < -0.39 is 0 Å². The van der Waals surface area contributed by atoms with Crippen molar-refractivity contribution < 1.29 is 0 Å². The highest BCUT2D eigenvalue weighted by Gasteiger charge is 2.16. The maximum atomic E-state index is 9.02. The lowest BCUT2D eigenvalue weighted by Crippen LogP contribution is -2.34. The van der Waals surface area contributed by atoms with E-state index in [-0.39, 0.29) is 0 Å². The van der Waals surface area contributed by atoms with Crippen LogP contribution in [0.4, 0.5) is 5.69 Å². The first kappa shape index (κ1) is 11.9. The van der Waals surface area contributed by atoms with Crippen molar-refractivity contribution in [2.24, 2.45) is 5.92 Å². The van der Waals surface area contributed by atoms with Crippen molar-refractivity contribution in [1.29, 1.82) is 5.26 Å². The molecule has 1 saturated heterocycles. The second-order valence-electron chi connectivity index (χ2n) is 4.56. The van der Waals surface area contributed by atoms with Crippen LogP contribution < -0.4 is 10.2 Å². The minimum atomic E-state index is 0.518. The summed E-state index contributed by atoms with van der Waals surface area (Å²) in [6.07, 6.45) is 4.10. The van der Waals surface area contributed by atoms with E-state index in [0.717, 1.165) is 25.3 Å². The Balaban J connectivity index is 2.03. The zero-order chi connectivity index (χ0) is 12.1. The van der Waals surface area contributed by atoms with Crippen molar-refractivity contribution in [1.82, 2.24) is 10.3 Å². The molecule has 4 nitrogen and oxygen atoms in total. The molecule has 4 heteroatoms. The molecule has 0 bridgehead atoms. The zero-order valence-electron chi connectivity index (χ0n) is 10.2. The van der Waals surface area contributed by atoms with Crippen molar-refractivity contribution in [3.05, 3.63) is 24.0 Å². The molecule has 0 aromatic carbocycles. The van der Waals surface area contributed by atoms with Gasteiger partial charge >= 0.3 is 0 Å². The number of nitrogens with zero attached hydrogens (tertiary/aromatic N) is 3. The topological polar surface area (TPSA) is 52.0 Å². The number of aromatic nitrogens is 1. The minimum Gasteiger partial charge on any atom is -0.372 e. The van der Waals surface area contributed by atoms with Crippen LogP contribution in [0.25, 0.3) is 0 Å². The van der Waals surface area contributed by atoms with E-state index >= 15 is 0 Å². The quantitative estimate of drug-likeness (QED) is 0.852. The van der Waals surface area contributed by atoms with E-state index in [9.17, 15) is 0 Å². The van der Waals surface area contributed by atoms with Crippen LogP contribution >= 0.6 is 0 Å². The Bertz CT molecular complexity index is 404. The van der Waals surface area contributed by atoms with Gasteiger partial charge in [-0.15, -0.1) is 0 Å². The molecule has 0 amide bonds. The lowest BCUT2D eigenvalue weighted by atomic mass is 9.97. The SMILES string of the molecule is CN(CC1CCNCC1)c1cccnc1C#N. The van der Waals surface area contributed by atoms with Gasteiger partial charge in [0, 0.05) is 19.8 Å². The Morgan fingerprint density at radius 2 is 2.29 bits per heavy atom. The number of piperidine rings is 1. The number of hydrogen-bond acceptors (Lipinski definition) is 4. The summed E-state index contributed by atoms with van der Waals surface area (Å²) in [4.78, 5) is 6.25. The monoisotopic (exact) mass is 230 g/mol. The van der Waals surface area contributed by atoms with Gasteiger partial charge in [-0.1, -0.05) is 0 Å². The average Bonchev–Trinajstić information content (AvgIpc) is 2.40. The number of rotatable bonds is 3. The maximum absolute atomic E-state index is 9.02. The van der Waals surface area contributed by atoms with Crippen LogP contribution in [-0.2, 0) is 0 Å². The van der Waals surface area contributed by atoms with Crippen molar-refractivity contribution in [3.8, 4) is 6.07 Å². The molecule has 90 valence electrons. The fourth-order valence-electron chi connectivity index (χ4n) is 2.34. The summed E-state index contributed by atoms with van der Waals surface area (Å²) in [6.45, 7) is 3.22. The van der Waals surface area contributed by atoms with Gasteiger partial charge in [-0.2, -0.15) is 5.26 Å². The molecule has 1 aromatic rings. The second-order valence-corrected chi connectivity index (χ2v) is 4.56. The summed E-state index contributed by atoms with van der Waals surface area (Å²) in [6, 6.07) is 6.00. The first-order chi connectivity index (χ1) is 8.31. The highest BCUT2D eigenvalue weighted by Crippen LogP contribution is 2.20. The molecule has 2 rings (SSSR count). The molecule has 0 spiro atoms. The Labute approximate surface area is 102 Å². The van der Waals surface area contributed by atoms with Gasteiger partial charge < -0.3 is 10.2 Å². The van der Waals surface area contributed by atoms with Crippen LogP contribution in [0.5, 0.6) is 0 Å². The van der Waals surface area contributed by atoms with Crippen LogP contribution in [0.2, 0.25) is 0 Å². The fourth-order valence-corrected chi connectivity index (χ4v) is 2.34. The van der Waals surface area contributed by atoms with Crippen LogP contribution in [0.3, 0.4) is 0 Å². The Morgan fingerprint density at radius 1 is 1.53 bits per heavy atom. The van der Waals surface area contributed by atoms with Crippen LogP contribution in [-0.4, -0.2) is 31.7 Å². The molecule has 2 heterocycles. The number of anilines is 1. The summed E-state index contributed by atoms with van der Waals surface area (Å²) in [7, 11) is 2.04. The molecule has 0 radical (unpaired) electrons. The van der Waals surface area contributed by atoms with Gasteiger partial charge in [0.1, 0.15) is 6.07 Å². The third-order valence-electron chi connectivity index (χ3n) is 3.29. The molecule has 0 aliphatic carbocycles. The van der Waals surface area contributed by atoms with Gasteiger partial charge in [-0.25, -0.2) is 4.98 Å². The molecule has 1 N–H and O–H groups in total. The Morgan fingerprint density at radius 3 is 3.00 bits per heavy atom. The van der Waals surface area contributed by atoms with Crippen molar-refractivity contribution in [3.63, 3.8) is 0 Å². The largest absolute Gasteiger partial charge is 0.372 e. The summed E-state index contributed by atoms with van der Waals surface area (Å²) < 4.78 is 0. The van der Waals surface area contributed by atoms with Gasteiger partial charge in [-0.05, 0) is 44.0 Å². The fraction of sp³-hybridized carbons (Fsp3) is 0.538. The molecule has 1 aliphatic rings. The zero-order valence-corrected chi connectivity index (χ0v) is 10.2. The molecule has 1 fully saturated rings. The predicted octanol–water partition coefficient (Wildman–Crippen LogP) is 1.39. The molecule has 17 heavy (non-hydrogen) atoms. The third-order valence-corrected chi connectivity index (χ3v) is 3.29. The average molecular weight is 230 g/mol. The first-order valence-corrected chi connectivity index (χ1v) is 6.08. The highest BCUT2D eigenvalue weighted by atomic mass is 15.1. The number of nitrogens with one attached hydrogen (secondary N) is 1. The first-order valence-electron chi connectivity index (χ1n) is 6.08. The van der Waals surface area contributed by atoms with Gasteiger partial charge in [0.05, 0.1) is 5.69 Å². The van der Waals surface area contributed by atoms with Crippen molar-refractivity contribution in [2.45, 2.75) is 12.8 Å². The van der Waals surface area contributed by atoms with Gasteiger partial charge in [0.2, 0.25) is 0 Å². The normalized spacial score (nSPS) is 16.5. The van der Waals surface area contributed by atoms with Gasteiger partial charge in [0.25, 0.3) is 0 Å². The maximum Gasteiger partial charge on any atom is 0.163 e. The minimum absolute atomic E-state index is 0.518. The molecule has 1 aromatic heterocycles. The molecular weight excluding hydrogens is 212 g/mol. The van der Waals surface area contributed by atoms with E-state index in [2.05, 4.69) is 21.3 Å². The summed E-state index contributed by atoms with van der Waals surface area (Å²) in [5.41, 5.74) is 1.46. The van der Waals surface area contributed by atoms with Crippen LogP contribution in [0, 0.1) is 17.2 Å². The van der Waals surface area contributed by atoms with E-state index in [1.54, 1.807) is 6.20 Å². The van der Waals surface area contributed by atoms with Crippen LogP contribution in [0.1, 0.15) is 18.5 Å². The molecule has 0 atom stereocenters. The Kier molecular flexibility index (Phi) is 3.94. The molecular formula is C13H18N4. The number of pyridine rings is 1. The van der Waals surface area contributed by atoms with Crippen molar-refractivity contribution in [2.75, 3.05) is 31.6 Å². The lowest BCUT2D eigenvalue weighted by molar-refractivity contribution is 0.378. The third kappa shape index (κ3) is 2.95. The van der Waals surface area contributed by atoms with E-state index in [1.165, 1.54) is 12.8 Å². The van der Waals surface area contributed by atoms with E-state index in [1.807, 2.05) is 19.2 Å². The summed E-state index contributed by atoms with van der Waals surface area (Å²) in [5, 5.41) is 12.4. The second kappa shape index (κ2) is 5.65. The van der Waals surface area contributed by atoms with Crippen molar-refractivity contribution >= 4 is 5.69 Å². The standard InChI is InChI=1S/C13H18N4/c1-17(10-11-4-7-15-8-5-11)13-3-2-6-16-12(13)9-14/h2-3,6,11,15H,4-5,7-8,10H2,1H3. The summed E-state index contributed by atoms with van der Waals surface area (Å²) >= 11 is 0. The van der Waals surface area contributed by atoms with Gasteiger partial charge in [0.15, 0.2) is 5.69 Å². The summed E-state index contributed by atoms with van der Waals surface area (Å²) in [5.74, 6) is 0.716. The molecule has 0 saturated carbocycles. The molecule has 0 unspecified atom stereocenters. The predicted molar refractivity (Wildman–Crippen MR) is 67.8 cm³/mol. The van der Waals surface area contributed by atoms with E-state index in [0.29, 0.717) is 11.6 Å². The Hall–Kier alpha value is -1.60. The lowest BCUT2D eigenvalue weighted by Gasteiger charge is -2.28. The van der Waals surface area contributed by atoms with Gasteiger partial charge in [-0.3, -0.25) is 0 Å². The number of hydrogen-bond donors (Lipinski definition) is 1. The smallest absolute Gasteiger partial charge is 0.163 e. The van der Waals surface area contributed by atoms with Crippen LogP contribution in [0.15, 0.2) is 18.3 Å².